The summed E-state index contributed by atoms with van der Waals surface area (Å²) in [7, 11) is 0. The van der Waals surface area contributed by atoms with Gasteiger partial charge >= 0.3 is 0 Å². The molecule has 8 heteroatoms. The predicted octanol–water partition coefficient (Wildman–Crippen LogP) is 4.81. The highest BCUT2D eigenvalue weighted by molar-refractivity contribution is 8.27. The number of hydrogen-bond acceptors (Lipinski definition) is 5. The Morgan fingerprint density at radius 1 is 1.08 bits per heavy atom. The van der Waals surface area contributed by atoms with Crippen LogP contribution in [0.2, 0.25) is 10.0 Å². The highest BCUT2D eigenvalue weighted by atomic mass is 35.5. The first-order chi connectivity index (χ1) is 11.4. The van der Waals surface area contributed by atoms with Crippen LogP contribution in [0.25, 0.3) is 6.08 Å². The van der Waals surface area contributed by atoms with Crippen molar-refractivity contribution in [1.82, 2.24) is 0 Å². The molecule has 2 aromatic carbocycles. The summed E-state index contributed by atoms with van der Waals surface area (Å²) in [6, 6.07) is 9.08. The predicted molar refractivity (Wildman–Crippen MR) is 102 cm³/mol. The molecule has 1 fully saturated rings. The molecule has 1 heterocycles. The topological polar surface area (TPSA) is 60.8 Å². The molecule has 1 aliphatic heterocycles. The highest BCUT2D eigenvalue weighted by Gasteiger charge is 2.34. The van der Waals surface area contributed by atoms with Crippen molar-refractivity contribution >= 4 is 69.2 Å². The number of halogens is 2. The van der Waals surface area contributed by atoms with Gasteiger partial charge in [0.1, 0.15) is 0 Å². The zero-order valence-electron chi connectivity index (χ0n) is 11.9. The van der Waals surface area contributed by atoms with Crippen molar-refractivity contribution in [3.63, 3.8) is 0 Å². The van der Waals surface area contributed by atoms with Crippen LogP contribution in [0.15, 0.2) is 41.3 Å². The number of benzene rings is 2. The first-order valence-electron chi connectivity index (χ1n) is 6.62. The first-order valence-corrected chi connectivity index (χ1v) is 8.60. The van der Waals surface area contributed by atoms with Crippen molar-refractivity contribution in [2.24, 2.45) is 0 Å². The summed E-state index contributed by atoms with van der Waals surface area (Å²) in [5.74, 6) is -0.811. The number of phenolic OH excluding ortho intramolecular Hbond substituents is 2. The molecule has 122 valence electrons. The SMILES string of the molecule is O=C1/C(=C/c2ccc(O)c(O)c2)SC(=S)N1c1ccc(Cl)cc1Cl. The van der Waals surface area contributed by atoms with E-state index in [2.05, 4.69) is 0 Å². The number of aromatic hydroxyl groups is 2. The van der Waals surface area contributed by atoms with E-state index in [1.54, 1.807) is 30.3 Å². The minimum atomic E-state index is -0.318. The van der Waals surface area contributed by atoms with Gasteiger partial charge in [-0.15, -0.1) is 0 Å². The molecule has 2 N–H and O–H groups in total. The molecule has 1 saturated heterocycles. The molecule has 0 aromatic heterocycles. The zero-order chi connectivity index (χ0) is 17.4. The number of nitrogens with zero attached hydrogens (tertiary/aromatic N) is 1. The largest absolute Gasteiger partial charge is 0.504 e. The fourth-order valence-corrected chi connectivity index (χ4v) is 3.90. The summed E-state index contributed by atoms with van der Waals surface area (Å²) < 4.78 is 0.346. The van der Waals surface area contributed by atoms with E-state index in [9.17, 15) is 15.0 Å². The Morgan fingerprint density at radius 3 is 2.50 bits per heavy atom. The summed E-state index contributed by atoms with van der Waals surface area (Å²) in [4.78, 5) is 14.4. The van der Waals surface area contributed by atoms with E-state index < -0.39 is 0 Å². The maximum absolute atomic E-state index is 12.7. The number of amides is 1. The number of phenols is 2. The van der Waals surface area contributed by atoms with Gasteiger partial charge in [-0.1, -0.05) is 53.2 Å². The van der Waals surface area contributed by atoms with Gasteiger partial charge in [0.05, 0.1) is 15.6 Å². The first kappa shape index (κ1) is 17.1. The minimum Gasteiger partial charge on any atom is -0.504 e. The Hall–Kier alpha value is -1.73. The molecule has 0 atom stereocenters. The quantitative estimate of drug-likeness (QED) is 0.432. The van der Waals surface area contributed by atoms with Crippen LogP contribution in [0.1, 0.15) is 5.56 Å². The van der Waals surface area contributed by atoms with E-state index >= 15 is 0 Å². The van der Waals surface area contributed by atoms with Crippen molar-refractivity contribution in [1.29, 1.82) is 0 Å². The monoisotopic (exact) mass is 397 g/mol. The number of rotatable bonds is 2. The molecular formula is C16H9Cl2NO3S2. The van der Waals surface area contributed by atoms with E-state index in [1.165, 1.54) is 17.0 Å². The second-order valence-corrected chi connectivity index (χ2v) is 7.38. The number of thioether (sulfide) groups is 1. The molecule has 0 unspecified atom stereocenters. The third-order valence-electron chi connectivity index (χ3n) is 3.24. The second kappa shape index (κ2) is 6.64. The lowest BCUT2D eigenvalue weighted by molar-refractivity contribution is -0.113. The van der Waals surface area contributed by atoms with Crippen LogP contribution in [0, 0.1) is 0 Å². The van der Waals surface area contributed by atoms with Gasteiger partial charge < -0.3 is 10.2 Å². The van der Waals surface area contributed by atoms with Crippen LogP contribution in [0.3, 0.4) is 0 Å². The maximum Gasteiger partial charge on any atom is 0.270 e. The molecule has 1 aliphatic rings. The van der Waals surface area contributed by atoms with E-state index in [4.69, 9.17) is 35.4 Å². The average molecular weight is 398 g/mol. The van der Waals surface area contributed by atoms with Crippen LogP contribution in [-0.2, 0) is 4.79 Å². The lowest BCUT2D eigenvalue weighted by Crippen LogP contribution is -2.27. The zero-order valence-corrected chi connectivity index (χ0v) is 15.0. The molecule has 0 radical (unpaired) electrons. The summed E-state index contributed by atoms with van der Waals surface area (Å²) in [6.45, 7) is 0. The van der Waals surface area contributed by atoms with Gasteiger partial charge in [-0.2, -0.15) is 0 Å². The van der Waals surface area contributed by atoms with Crippen LogP contribution in [-0.4, -0.2) is 20.4 Å². The number of thiocarbonyl (C=S) groups is 1. The molecule has 24 heavy (non-hydrogen) atoms. The Bertz CT molecular complexity index is 899. The highest BCUT2D eigenvalue weighted by Crippen LogP contribution is 2.40. The molecule has 4 nitrogen and oxygen atoms in total. The van der Waals surface area contributed by atoms with Gasteiger partial charge in [-0.3, -0.25) is 9.69 Å². The average Bonchev–Trinajstić information content (AvgIpc) is 2.78. The van der Waals surface area contributed by atoms with Crippen LogP contribution in [0.4, 0.5) is 5.69 Å². The van der Waals surface area contributed by atoms with Crippen molar-refractivity contribution in [3.8, 4) is 11.5 Å². The fraction of sp³-hybridized carbons (Fsp3) is 0. The molecular weight excluding hydrogens is 389 g/mol. The lowest BCUT2D eigenvalue weighted by atomic mass is 10.2. The lowest BCUT2D eigenvalue weighted by Gasteiger charge is -2.16. The van der Waals surface area contributed by atoms with E-state index in [1.807, 2.05) is 0 Å². The van der Waals surface area contributed by atoms with E-state index in [-0.39, 0.29) is 17.4 Å². The standard InChI is InChI=1S/C16H9Cl2NO3S2/c17-9-2-3-11(10(18)7-9)19-15(22)14(24-16(19)23)6-8-1-4-12(20)13(21)5-8/h1-7,20-21H/b14-6-. The summed E-state index contributed by atoms with van der Waals surface area (Å²) in [5, 5.41) is 19.7. The Balaban J connectivity index is 1.96. The number of hydrogen-bond donors (Lipinski definition) is 2. The van der Waals surface area contributed by atoms with Crippen molar-refractivity contribution in [3.05, 3.63) is 56.9 Å². The molecule has 0 bridgehead atoms. The molecule has 3 rings (SSSR count). The minimum absolute atomic E-state index is 0.229. The second-order valence-electron chi connectivity index (χ2n) is 4.86. The third kappa shape index (κ3) is 3.23. The molecule has 0 saturated carbocycles. The Morgan fingerprint density at radius 2 is 1.83 bits per heavy atom. The van der Waals surface area contributed by atoms with Crippen molar-refractivity contribution < 1.29 is 15.0 Å². The van der Waals surface area contributed by atoms with E-state index in [0.717, 1.165) is 11.8 Å². The molecule has 1 amide bonds. The molecule has 0 aliphatic carbocycles. The van der Waals surface area contributed by atoms with Crippen LogP contribution in [0.5, 0.6) is 11.5 Å². The van der Waals surface area contributed by atoms with Crippen molar-refractivity contribution in [2.45, 2.75) is 0 Å². The summed E-state index contributed by atoms with van der Waals surface area (Å²) >= 11 is 18.4. The number of carbonyl (C=O) groups excluding carboxylic acids is 1. The molecule has 0 spiro atoms. The fourth-order valence-electron chi connectivity index (χ4n) is 2.12. The van der Waals surface area contributed by atoms with Crippen LogP contribution >= 0.6 is 47.2 Å². The smallest absolute Gasteiger partial charge is 0.270 e. The molecule has 2 aromatic rings. The van der Waals surface area contributed by atoms with Gasteiger partial charge in [0.25, 0.3) is 5.91 Å². The number of carbonyl (C=O) groups is 1. The summed E-state index contributed by atoms with van der Waals surface area (Å²) in [6.07, 6.45) is 1.59. The third-order valence-corrected chi connectivity index (χ3v) is 5.08. The Labute approximate surface area is 157 Å². The summed E-state index contributed by atoms with van der Waals surface area (Å²) in [5.41, 5.74) is 1.02. The van der Waals surface area contributed by atoms with Gasteiger partial charge in [0, 0.05) is 5.02 Å². The normalized spacial score (nSPS) is 16.2. The van der Waals surface area contributed by atoms with Crippen molar-refractivity contribution in [2.75, 3.05) is 4.90 Å². The maximum atomic E-state index is 12.7. The van der Waals surface area contributed by atoms with Gasteiger partial charge in [0.2, 0.25) is 0 Å². The Kier molecular flexibility index (Phi) is 4.73. The van der Waals surface area contributed by atoms with Gasteiger partial charge in [0.15, 0.2) is 15.8 Å². The van der Waals surface area contributed by atoms with E-state index in [0.29, 0.717) is 30.5 Å². The van der Waals surface area contributed by atoms with Crippen LogP contribution < -0.4 is 4.90 Å². The van der Waals surface area contributed by atoms with Gasteiger partial charge in [-0.25, -0.2) is 0 Å². The number of anilines is 1. The van der Waals surface area contributed by atoms with Gasteiger partial charge in [-0.05, 0) is 42.0 Å².